The molecule has 136 valence electrons. The lowest BCUT2D eigenvalue weighted by atomic mass is 10.1. The fourth-order valence-electron chi connectivity index (χ4n) is 2.75. The molecule has 0 unspecified atom stereocenters. The molecule has 0 saturated carbocycles. The van der Waals surface area contributed by atoms with E-state index in [0.717, 1.165) is 27.2 Å². The summed E-state index contributed by atoms with van der Waals surface area (Å²) in [6.45, 7) is 2.77. The first-order valence-corrected chi connectivity index (χ1v) is 9.50. The van der Waals surface area contributed by atoms with Crippen molar-refractivity contribution in [3.05, 3.63) is 65.2 Å². The van der Waals surface area contributed by atoms with Crippen LogP contribution in [-0.4, -0.2) is 27.5 Å². The lowest BCUT2D eigenvalue weighted by Gasteiger charge is -2.05. The topological polar surface area (TPSA) is 79.9 Å². The Kier molecular flexibility index (Phi) is 4.84. The summed E-state index contributed by atoms with van der Waals surface area (Å²) < 4.78 is 4.99. The van der Waals surface area contributed by atoms with Crippen molar-refractivity contribution in [1.82, 2.24) is 15.0 Å². The molecule has 27 heavy (non-hydrogen) atoms. The van der Waals surface area contributed by atoms with Crippen LogP contribution >= 0.6 is 11.3 Å². The van der Waals surface area contributed by atoms with Gasteiger partial charge in [0, 0.05) is 23.7 Å². The molecule has 4 rings (SSSR count). The molecule has 0 bridgehead atoms. The smallest absolute Gasteiger partial charge is 0.338 e. The van der Waals surface area contributed by atoms with Gasteiger partial charge in [-0.1, -0.05) is 12.1 Å². The molecular weight excluding hydrogens is 360 g/mol. The van der Waals surface area contributed by atoms with Gasteiger partial charge in [-0.05, 0) is 42.8 Å². The number of imidazole rings is 1. The van der Waals surface area contributed by atoms with E-state index in [1.165, 1.54) is 0 Å². The van der Waals surface area contributed by atoms with Gasteiger partial charge in [-0.25, -0.2) is 14.8 Å². The second-order valence-electron chi connectivity index (χ2n) is 5.93. The number of ether oxygens (including phenoxy) is 1. The van der Waals surface area contributed by atoms with E-state index in [2.05, 4.69) is 26.3 Å². The Morgan fingerprint density at radius 3 is 2.81 bits per heavy atom. The number of carbonyl (C=O) groups is 1. The molecule has 0 radical (unpaired) electrons. The summed E-state index contributed by atoms with van der Waals surface area (Å²) >= 11 is 1.61. The zero-order chi connectivity index (χ0) is 18.6. The molecule has 6 nitrogen and oxygen atoms in total. The summed E-state index contributed by atoms with van der Waals surface area (Å²) in [4.78, 5) is 23.9. The fourth-order valence-corrected chi connectivity index (χ4v) is 3.39. The molecule has 2 N–H and O–H groups in total. The van der Waals surface area contributed by atoms with E-state index < -0.39 is 0 Å². The quantitative estimate of drug-likeness (QED) is 0.484. The van der Waals surface area contributed by atoms with Gasteiger partial charge in [0.25, 0.3) is 0 Å². The first-order valence-electron chi connectivity index (χ1n) is 8.62. The summed E-state index contributed by atoms with van der Waals surface area (Å²) in [5, 5.41) is 6.24. The van der Waals surface area contributed by atoms with Crippen LogP contribution in [0.3, 0.4) is 0 Å². The first kappa shape index (κ1) is 17.2. The number of nitrogens with one attached hydrogen (secondary N) is 2. The van der Waals surface area contributed by atoms with Crippen molar-refractivity contribution in [2.45, 2.75) is 13.5 Å². The maximum atomic E-state index is 11.7. The van der Waals surface area contributed by atoms with E-state index in [0.29, 0.717) is 24.7 Å². The number of fused-ring (bicyclic) bond motifs is 1. The van der Waals surface area contributed by atoms with E-state index in [9.17, 15) is 4.79 Å². The van der Waals surface area contributed by atoms with Crippen molar-refractivity contribution in [2.75, 3.05) is 11.9 Å². The number of H-pyrrole nitrogens is 1. The summed E-state index contributed by atoms with van der Waals surface area (Å²) in [6, 6.07) is 13.4. The standard InChI is InChI=1S/C20H18N4O2S/c1-2-26-19(25)14-5-3-13(4-6-14)12-22-20-23-16-8-7-15(11-17(16)24-20)18-21-9-10-27-18/h3-11H,2,12H2,1H3,(H2,22,23,24). The van der Waals surface area contributed by atoms with Crippen LogP contribution in [0.15, 0.2) is 54.0 Å². The van der Waals surface area contributed by atoms with Gasteiger partial charge in [0.2, 0.25) is 5.95 Å². The number of nitrogens with zero attached hydrogens (tertiary/aromatic N) is 2. The van der Waals surface area contributed by atoms with E-state index in [-0.39, 0.29) is 5.97 Å². The van der Waals surface area contributed by atoms with Crippen LogP contribution in [-0.2, 0) is 11.3 Å². The molecule has 0 atom stereocenters. The zero-order valence-electron chi connectivity index (χ0n) is 14.7. The van der Waals surface area contributed by atoms with Crippen LogP contribution in [0.4, 0.5) is 5.95 Å². The lowest BCUT2D eigenvalue weighted by Crippen LogP contribution is -2.05. The molecule has 0 aliphatic carbocycles. The number of hydrogen-bond acceptors (Lipinski definition) is 6. The van der Waals surface area contributed by atoms with Crippen LogP contribution in [0.1, 0.15) is 22.8 Å². The highest BCUT2D eigenvalue weighted by Crippen LogP contribution is 2.25. The predicted octanol–water partition coefficient (Wildman–Crippen LogP) is 4.48. The fraction of sp³-hybridized carbons (Fsp3) is 0.150. The van der Waals surface area contributed by atoms with Crippen LogP contribution in [0.25, 0.3) is 21.6 Å². The number of thiazole rings is 1. The Morgan fingerprint density at radius 2 is 2.07 bits per heavy atom. The average Bonchev–Trinajstić information content (AvgIpc) is 3.36. The molecular formula is C20H18N4O2S. The number of hydrogen-bond donors (Lipinski definition) is 2. The minimum absolute atomic E-state index is 0.301. The number of benzene rings is 2. The van der Waals surface area contributed by atoms with Crippen LogP contribution < -0.4 is 5.32 Å². The molecule has 0 aliphatic rings. The molecule has 0 saturated heterocycles. The van der Waals surface area contributed by atoms with Crippen molar-refractivity contribution >= 4 is 34.3 Å². The monoisotopic (exact) mass is 378 g/mol. The highest BCUT2D eigenvalue weighted by atomic mass is 32.1. The van der Waals surface area contributed by atoms with Crippen molar-refractivity contribution < 1.29 is 9.53 Å². The van der Waals surface area contributed by atoms with Crippen LogP contribution in [0.2, 0.25) is 0 Å². The van der Waals surface area contributed by atoms with Crippen LogP contribution in [0.5, 0.6) is 0 Å². The van der Waals surface area contributed by atoms with Gasteiger partial charge in [0.1, 0.15) is 5.01 Å². The average molecular weight is 378 g/mol. The van der Waals surface area contributed by atoms with E-state index in [4.69, 9.17) is 4.74 Å². The largest absolute Gasteiger partial charge is 0.462 e. The summed E-state index contributed by atoms with van der Waals surface area (Å²) in [5.74, 6) is 0.404. The van der Waals surface area contributed by atoms with Gasteiger partial charge in [-0.2, -0.15) is 0 Å². The summed E-state index contributed by atoms with van der Waals surface area (Å²) in [7, 11) is 0. The summed E-state index contributed by atoms with van der Waals surface area (Å²) in [6.07, 6.45) is 1.80. The third-order valence-electron chi connectivity index (χ3n) is 4.09. The maximum absolute atomic E-state index is 11.7. The molecule has 2 aromatic carbocycles. The van der Waals surface area contributed by atoms with Crippen molar-refractivity contribution in [1.29, 1.82) is 0 Å². The van der Waals surface area contributed by atoms with Crippen molar-refractivity contribution in [2.24, 2.45) is 0 Å². The van der Waals surface area contributed by atoms with E-state index in [1.54, 1.807) is 36.6 Å². The van der Waals surface area contributed by atoms with Crippen molar-refractivity contribution in [3.63, 3.8) is 0 Å². The minimum Gasteiger partial charge on any atom is -0.462 e. The van der Waals surface area contributed by atoms with E-state index in [1.807, 2.05) is 29.6 Å². The number of rotatable bonds is 6. The van der Waals surface area contributed by atoms with Gasteiger partial charge in [-0.15, -0.1) is 11.3 Å². The third kappa shape index (κ3) is 3.83. The van der Waals surface area contributed by atoms with Gasteiger partial charge < -0.3 is 15.0 Å². The molecule has 0 amide bonds. The molecule has 0 aliphatic heterocycles. The number of aromatic amines is 1. The predicted molar refractivity (Wildman–Crippen MR) is 107 cm³/mol. The Bertz CT molecular complexity index is 1060. The molecule has 4 aromatic rings. The van der Waals surface area contributed by atoms with Gasteiger partial charge in [0.15, 0.2) is 0 Å². The molecule has 2 heterocycles. The van der Waals surface area contributed by atoms with Gasteiger partial charge in [0.05, 0.1) is 23.2 Å². The van der Waals surface area contributed by atoms with Gasteiger partial charge >= 0.3 is 5.97 Å². The second kappa shape index (κ2) is 7.59. The van der Waals surface area contributed by atoms with E-state index >= 15 is 0 Å². The van der Waals surface area contributed by atoms with Crippen molar-refractivity contribution in [3.8, 4) is 10.6 Å². The highest BCUT2D eigenvalue weighted by molar-refractivity contribution is 7.13. The highest BCUT2D eigenvalue weighted by Gasteiger charge is 2.08. The van der Waals surface area contributed by atoms with Crippen LogP contribution in [0, 0.1) is 0 Å². The number of esters is 1. The Labute approximate surface area is 160 Å². The second-order valence-corrected chi connectivity index (χ2v) is 6.82. The molecule has 2 aromatic heterocycles. The zero-order valence-corrected chi connectivity index (χ0v) is 15.5. The Morgan fingerprint density at radius 1 is 1.22 bits per heavy atom. The van der Waals surface area contributed by atoms with Gasteiger partial charge in [-0.3, -0.25) is 0 Å². The Balaban J connectivity index is 1.45. The Hall–Kier alpha value is -3.19. The normalized spacial score (nSPS) is 10.9. The number of carbonyl (C=O) groups excluding carboxylic acids is 1. The SMILES string of the molecule is CCOC(=O)c1ccc(CNc2nc3ccc(-c4nccs4)cc3[nH]2)cc1. The maximum Gasteiger partial charge on any atom is 0.338 e. The summed E-state index contributed by atoms with van der Waals surface area (Å²) in [5.41, 5.74) is 4.53. The molecule has 7 heteroatoms. The molecule has 0 fully saturated rings. The number of anilines is 1. The number of aromatic nitrogens is 3. The lowest BCUT2D eigenvalue weighted by molar-refractivity contribution is 0.0526. The third-order valence-corrected chi connectivity index (χ3v) is 4.91. The molecule has 0 spiro atoms. The minimum atomic E-state index is -0.301. The first-order chi connectivity index (χ1) is 13.2.